The Morgan fingerprint density at radius 3 is 2.60 bits per heavy atom. The zero-order valence-corrected chi connectivity index (χ0v) is 10.7. The zero-order chi connectivity index (χ0) is 11.5. The summed E-state index contributed by atoms with van der Waals surface area (Å²) in [5, 5.41) is 0. The van der Waals surface area contributed by atoms with Crippen molar-refractivity contribution in [3.8, 4) is 0 Å². The summed E-state index contributed by atoms with van der Waals surface area (Å²) < 4.78 is 5.37. The summed E-state index contributed by atoms with van der Waals surface area (Å²) in [6.07, 6.45) is 2.38. The molecule has 3 heteroatoms. The minimum atomic E-state index is 0.745. The number of likely N-dealkylation sites (N-methyl/N-ethyl adjacent to an activating group) is 1. The van der Waals surface area contributed by atoms with Crippen molar-refractivity contribution in [1.29, 1.82) is 0 Å². The van der Waals surface area contributed by atoms with Gasteiger partial charge in [-0.25, -0.2) is 0 Å². The quantitative estimate of drug-likeness (QED) is 0.565. The molecule has 3 nitrogen and oxygen atoms in total. The first-order chi connectivity index (χ1) is 7.24. The lowest BCUT2D eigenvalue weighted by Crippen LogP contribution is -2.31. The minimum Gasteiger partial charge on any atom is -0.380 e. The predicted molar refractivity (Wildman–Crippen MR) is 66.1 cm³/mol. The second-order valence-electron chi connectivity index (χ2n) is 4.13. The summed E-state index contributed by atoms with van der Waals surface area (Å²) in [4.78, 5) is 2.46. The minimum absolute atomic E-state index is 0.745. The molecule has 0 aliphatic carbocycles. The van der Waals surface area contributed by atoms with E-state index in [0.717, 1.165) is 45.2 Å². The van der Waals surface area contributed by atoms with Crippen LogP contribution in [0.5, 0.6) is 0 Å². The Labute approximate surface area is 95.0 Å². The van der Waals surface area contributed by atoms with Gasteiger partial charge in [0.1, 0.15) is 0 Å². The topological polar surface area (TPSA) is 38.5 Å². The van der Waals surface area contributed by atoms with Gasteiger partial charge in [-0.05, 0) is 38.8 Å². The Kier molecular flexibility index (Phi) is 10.3. The second-order valence-corrected chi connectivity index (χ2v) is 4.13. The van der Waals surface area contributed by atoms with E-state index in [2.05, 4.69) is 18.7 Å². The maximum Gasteiger partial charge on any atom is 0.0593 e. The molecule has 1 unspecified atom stereocenters. The van der Waals surface area contributed by atoms with Crippen molar-refractivity contribution in [1.82, 2.24) is 4.90 Å². The van der Waals surface area contributed by atoms with Crippen LogP contribution in [0.2, 0.25) is 0 Å². The van der Waals surface area contributed by atoms with E-state index in [1.165, 1.54) is 13.0 Å². The number of ether oxygens (including phenoxy) is 1. The normalized spacial score (nSPS) is 13.4. The van der Waals surface area contributed by atoms with Gasteiger partial charge in [0, 0.05) is 19.7 Å². The maximum atomic E-state index is 5.50. The van der Waals surface area contributed by atoms with E-state index in [-0.39, 0.29) is 0 Å². The molecule has 0 saturated heterocycles. The van der Waals surface area contributed by atoms with E-state index in [1.807, 2.05) is 6.92 Å². The van der Waals surface area contributed by atoms with E-state index in [0.29, 0.717) is 0 Å². The van der Waals surface area contributed by atoms with Crippen molar-refractivity contribution in [3.05, 3.63) is 0 Å². The van der Waals surface area contributed by atoms with Crippen LogP contribution in [0.25, 0.3) is 0 Å². The third-order valence-electron chi connectivity index (χ3n) is 2.67. The Hall–Kier alpha value is -0.120. The van der Waals surface area contributed by atoms with Gasteiger partial charge in [0.15, 0.2) is 0 Å². The van der Waals surface area contributed by atoms with Crippen LogP contribution in [-0.4, -0.2) is 44.3 Å². The molecule has 0 aromatic heterocycles. The fourth-order valence-electron chi connectivity index (χ4n) is 1.71. The fraction of sp³-hybridized carbons (Fsp3) is 1.00. The van der Waals surface area contributed by atoms with Gasteiger partial charge in [0.05, 0.1) is 6.61 Å². The summed E-state index contributed by atoms with van der Waals surface area (Å²) in [5.41, 5.74) is 5.50. The van der Waals surface area contributed by atoms with Crippen molar-refractivity contribution < 1.29 is 4.74 Å². The van der Waals surface area contributed by atoms with Crippen molar-refractivity contribution >= 4 is 0 Å². The first-order valence-electron chi connectivity index (χ1n) is 6.24. The van der Waals surface area contributed by atoms with Crippen LogP contribution in [0.3, 0.4) is 0 Å². The Bertz CT molecular complexity index is 131. The van der Waals surface area contributed by atoms with Gasteiger partial charge in [-0.2, -0.15) is 0 Å². The first kappa shape index (κ1) is 14.9. The van der Waals surface area contributed by atoms with E-state index in [9.17, 15) is 0 Å². The molecule has 1 atom stereocenters. The van der Waals surface area contributed by atoms with E-state index in [1.54, 1.807) is 0 Å². The number of nitrogens with two attached hydrogens (primary N) is 1. The molecule has 0 aromatic carbocycles. The van der Waals surface area contributed by atoms with Crippen molar-refractivity contribution in [2.24, 2.45) is 11.7 Å². The molecule has 0 fully saturated rings. The lowest BCUT2D eigenvalue weighted by Gasteiger charge is -2.24. The molecular formula is C12H28N2O. The Balaban J connectivity index is 3.57. The molecule has 15 heavy (non-hydrogen) atoms. The lowest BCUT2D eigenvalue weighted by atomic mass is 10.1. The SMILES string of the molecule is CCOCCN(CC)CC(C)CCCN. The van der Waals surface area contributed by atoms with Gasteiger partial charge in [-0.1, -0.05) is 13.8 Å². The molecule has 0 aliphatic heterocycles. The Morgan fingerprint density at radius 1 is 1.33 bits per heavy atom. The van der Waals surface area contributed by atoms with Gasteiger partial charge < -0.3 is 15.4 Å². The number of nitrogens with zero attached hydrogens (tertiary/aromatic N) is 1. The summed E-state index contributed by atoms with van der Waals surface area (Å²) >= 11 is 0. The third-order valence-corrected chi connectivity index (χ3v) is 2.67. The average molecular weight is 216 g/mol. The maximum absolute atomic E-state index is 5.50. The lowest BCUT2D eigenvalue weighted by molar-refractivity contribution is 0.109. The first-order valence-corrected chi connectivity index (χ1v) is 6.24. The van der Waals surface area contributed by atoms with Crippen LogP contribution in [0.15, 0.2) is 0 Å². The van der Waals surface area contributed by atoms with Crippen LogP contribution in [0, 0.1) is 5.92 Å². The molecule has 0 saturated carbocycles. The van der Waals surface area contributed by atoms with Crippen molar-refractivity contribution in [2.75, 3.05) is 39.4 Å². The summed E-state index contributed by atoms with van der Waals surface area (Å²) in [7, 11) is 0. The molecule has 0 radical (unpaired) electrons. The van der Waals surface area contributed by atoms with E-state index in [4.69, 9.17) is 10.5 Å². The number of hydrogen-bond acceptors (Lipinski definition) is 3. The van der Waals surface area contributed by atoms with Gasteiger partial charge >= 0.3 is 0 Å². The molecule has 0 spiro atoms. The van der Waals surface area contributed by atoms with Crippen LogP contribution in [0.4, 0.5) is 0 Å². The molecule has 0 bridgehead atoms. The largest absolute Gasteiger partial charge is 0.380 e. The molecule has 0 rings (SSSR count). The van der Waals surface area contributed by atoms with Crippen molar-refractivity contribution in [2.45, 2.75) is 33.6 Å². The molecular weight excluding hydrogens is 188 g/mol. The average Bonchev–Trinajstić information content (AvgIpc) is 2.25. The number of hydrogen-bond donors (Lipinski definition) is 1. The smallest absolute Gasteiger partial charge is 0.0593 e. The molecule has 0 amide bonds. The van der Waals surface area contributed by atoms with Crippen molar-refractivity contribution in [3.63, 3.8) is 0 Å². The highest BCUT2D eigenvalue weighted by Gasteiger charge is 2.07. The summed E-state index contributed by atoms with van der Waals surface area (Å²) in [5.74, 6) is 0.745. The van der Waals surface area contributed by atoms with Crippen LogP contribution < -0.4 is 5.73 Å². The van der Waals surface area contributed by atoms with Gasteiger partial charge in [-0.3, -0.25) is 0 Å². The predicted octanol–water partition coefficient (Wildman–Crippen LogP) is 1.72. The molecule has 92 valence electrons. The highest BCUT2D eigenvalue weighted by atomic mass is 16.5. The van der Waals surface area contributed by atoms with Gasteiger partial charge in [-0.15, -0.1) is 0 Å². The molecule has 0 heterocycles. The zero-order valence-electron chi connectivity index (χ0n) is 10.7. The van der Waals surface area contributed by atoms with E-state index >= 15 is 0 Å². The second kappa shape index (κ2) is 10.4. The summed E-state index contributed by atoms with van der Waals surface area (Å²) in [6.45, 7) is 12.4. The Morgan fingerprint density at radius 2 is 2.07 bits per heavy atom. The third kappa shape index (κ3) is 8.85. The number of rotatable bonds is 10. The molecule has 0 aromatic rings. The highest BCUT2D eigenvalue weighted by molar-refractivity contribution is 4.61. The monoisotopic (exact) mass is 216 g/mol. The standard InChI is InChI=1S/C12H28N2O/c1-4-14(9-10-15-5-2)11-12(3)7-6-8-13/h12H,4-11,13H2,1-3H3. The summed E-state index contributed by atoms with van der Waals surface area (Å²) in [6, 6.07) is 0. The van der Waals surface area contributed by atoms with Crippen LogP contribution >= 0.6 is 0 Å². The molecule has 0 aliphatic rings. The highest BCUT2D eigenvalue weighted by Crippen LogP contribution is 2.07. The van der Waals surface area contributed by atoms with Crippen LogP contribution in [-0.2, 0) is 4.74 Å². The fourth-order valence-corrected chi connectivity index (χ4v) is 1.71. The van der Waals surface area contributed by atoms with Gasteiger partial charge in [0.2, 0.25) is 0 Å². The molecule has 2 N–H and O–H groups in total. The van der Waals surface area contributed by atoms with E-state index < -0.39 is 0 Å². The van der Waals surface area contributed by atoms with Crippen LogP contribution in [0.1, 0.15) is 33.6 Å². The van der Waals surface area contributed by atoms with Gasteiger partial charge in [0.25, 0.3) is 0 Å².